The van der Waals surface area contributed by atoms with Crippen LogP contribution in [0, 0.1) is 10.1 Å². The maximum absolute atomic E-state index is 12.0. The standard InChI is InChI=1S/C17H21N5O4/c1-3-9-18-15(23)7-8-16(24)20-17-19-11-14(21(17)2)12-5-4-6-13(10-12)22(25)26/h4-6,10-11H,3,7-9H2,1-2H3,(H,18,23)(H,19,20,24). The number of anilines is 1. The Hall–Kier alpha value is -3.23. The molecule has 0 aliphatic rings. The first-order chi connectivity index (χ1) is 12.4. The molecule has 9 nitrogen and oxygen atoms in total. The Morgan fingerprint density at radius 1 is 1.27 bits per heavy atom. The van der Waals surface area contributed by atoms with Crippen LogP contribution in [-0.2, 0) is 16.6 Å². The van der Waals surface area contributed by atoms with Crippen molar-refractivity contribution in [3.63, 3.8) is 0 Å². The highest BCUT2D eigenvalue weighted by atomic mass is 16.6. The second-order valence-corrected chi connectivity index (χ2v) is 5.73. The van der Waals surface area contributed by atoms with Crippen molar-refractivity contribution < 1.29 is 14.5 Å². The Morgan fingerprint density at radius 3 is 2.69 bits per heavy atom. The largest absolute Gasteiger partial charge is 0.356 e. The maximum atomic E-state index is 12.0. The number of imidazole rings is 1. The average Bonchev–Trinajstić information content (AvgIpc) is 2.98. The fraction of sp³-hybridized carbons (Fsp3) is 0.353. The Kier molecular flexibility index (Phi) is 6.42. The number of nitro groups is 1. The lowest BCUT2D eigenvalue weighted by molar-refractivity contribution is -0.384. The molecule has 138 valence electrons. The predicted octanol–water partition coefficient (Wildman–Crippen LogP) is 2.24. The van der Waals surface area contributed by atoms with Gasteiger partial charge in [-0.05, 0) is 6.42 Å². The summed E-state index contributed by atoms with van der Waals surface area (Å²) in [6.45, 7) is 2.54. The van der Waals surface area contributed by atoms with Crippen LogP contribution in [0.4, 0.5) is 11.6 Å². The van der Waals surface area contributed by atoms with E-state index in [1.54, 1.807) is 23.7 Å². The van der Waals surface area contributed by atoms with E-state index in [1.807, 2.05) is 6.92 Å². The molecule has 2 rings (SSSR count). The molecule has 1 aromatic carbocycles. The molecular weight excluding hydrogens is 338 g/mol. The fourth-order valence-electron chi connectivity index (χ4n) is 2.34. The molecule has 0 aliphatic heterocycles. The van der Waals surface area contributed by atoms with E-state index in [-0.39, 0.29) is 30.3 Å². The van der Waals surface area contributed by atoms with Crippen molar-refractivity contribution in [2.75, 3.05) is 11.9 Å². The van der Waals surface area contributed by atoms with E-state index < -0.39 is 4.92 Å². The topological polar surface area (TPSA) is 119 Å². The third-order valence-corrected chi connectivity index (χ3v) is 3.74. The van der Waals surface area contributed by atoms with Crippen LogP contribution >= 0.6 is 0 Å². The van der Waals surface area contributed by atoms with Crippen molar-refractivity contribution in [3.8, 4) is 11.3 Å². The van der Waals surface area contributed by atoms with E-state index in [0.717, 1.165) is 6.42 Å². The van der Waals surface area contributed by atoms with E-state index in [2.05, 4.69) is 15.6 Å². The first-order valence-electron chi connectivity index (χ1n) is 8.25. The average molecular weight is 359 g/mol. The van der Waals surface area contributed by atoms with Crippen molar-refractivity contribution in [2.24, 2.45) is 7.05 Å². The third-order valence-electron chi connectivity index (χ3n) is 3.74. The van der Waals surface area contributed by atoms with E-state index >= 15 is 0 Å². The van der Waals surface area contributed by atoms with Gasteiger partial charge in [-0.25, -0.2) is 4.98 Å². The highest BCUT2D eigenvalue weighted by Gasteiger charge is 2.14. The van der Waals surface area contributed by atoms with E-state index in [4.69, 9.17) is 0 Å². The van der Waals surface area contributed by atoms with Crippen LogP contribution in [0.5, 0.6) is 0 Å². The summed E-state index contributed by atoms with van der Waals surface area (Å²) < 4.78 is 1.63. The molecule has 9 heteroatoms. The highest BCUT2D eigenvalue weighted by Crippen LogP contribution is 2.25. The zero-order chi connectivity index (χ0) is 19.1. The molecule has 2 N–H and O–H groups in total. The summed E-state index contributed by atoms with van der Waals surface area (Å²) in [4.78, 5) is 38.1. The summed E-state index contributed by atoms with van der Waals surface area (Å²) >= 11 is 0. The summed E-state index contributed by atoms with van der Waals surface area (Å²) in [7, 11) is 1.70. The number of hydrogen-bond donors (Lipinski definition) is 2. The Bertz CT molecular complexity index is 815. The monoisotopic (exact) mass is 359 g/mol. The van der Waals surface area contributed by atoms with Crippen LogP contribution in [0.15, 0.2) is 30.5 Å². The number of carbonyl (C=O) groups excluding carboxylic acids is 2. The molecule has 0 saturated carbocycles. The van der Waals surface area contributed by atoms with Crippen molar-refractivity contribution in [1.82, 2.24) is 14.9 Å². The SMILES string of the molecule is CCCNC(=O)CCC(=O)Nc1ncc(-c2cccc([N+](=O)[O-])c2)n1C. The molecule has 2 aromatic rings. The lowest BCUT2D eigenvalue weighted by Crippen LogP contribution is -2.25. The zero-order valence-electron chi connectivity index (χ0n) is 14.7. The fourth-order valence-corrected chi connectivity index (χ4v) is 2.34. The molecule has 0 bridgehead atoms. The van der Waals surface area contributed by atoms with Gasteiger partial charge in [0.2, 0.25) is 17.8 Å². The summed E-state index contributed by atoms with van der Waals surface area (Å²) in [6.07, 6.45) is 2.52. The first-order valence-corrected chi connectivity index (χ1v) is 8.25. The molecule has 1 aromatic heterocycles. The second-order valence-electron chi connectivity index (χ2n) is 5.73. The van der Waals surface area contributed by atoms with Gasteiger partial charge < -0.3 is 9.88 Å². The maximum Gasteiger partial charge on any atom is 0.270 e. The minimum Gasteiger partial charge on any atom is -0.356 e. The summed E-state index contributed by atoms with van der Waals surface area (Å²) in [5, 5.41) is 16.3. The molecule has 0 aliphatic carbocycles. The molecule has 0 fully saturated rings. The van der Waals surface area contributed by atoms with Gasteiger partial charge in [-0.3, -0.25) is 25.0 Å². The van der Waals surface area contributed by atoms with Crippen LogP contribution in [-0.4, -0.2) is 32.8 Å². The predicted molar refractivity (Wildman–Crippen MR) is 96.5 cm³/mol. The van der Waals surface area contributed by atoms with Crippen molar-refractivity contribution in [2.45, 2.75) is 26.2 Å². The van der Waals surface area contributed by atoms with Gasteiger partial charge in [0.05, 0.1) is 16.8 Å². The highest BCUT2D eigenvalue weighted by molar-refractivity contribution is 5.92. The van der Waals surface area contributed by atoms with Gasteiger partial charge in [0.15, 0.2) is 0 Å². The molecule has 1 heterocycles. The van der Waals surface area contributed by atoms with Crippen molar-refractivity contribution in [3.05, 3.63) is 40.6 Å². The lowest BCUT2D eigenvalue weighted by atomic mass is 10.1. The second kappa shape index (κ2) is 8.75. The number of nitrogens with one attached hydrogen (secondary N) is 2. The van der Waals surface area contributed by atoms with Gasteiger partial charge in [0, 0.05) is 44.1 Å². The Labute approximate surface area is 150 Å². The summed E-state index contributed by atoms with van der Waals surface area (Å²) in [5.74, 6) is -0.180. The van der Waals surface area contributed by atoms with Gasteiger partial charge in [-0.2, -0.15) is 0 Å². The molecule has 0 spiro atoms. The number of nitrogens with zero attached hydrogens (tertiary/aromatic N) is 3. The van der Waals surface area contributed by atoms with Crippen LogP contribution < -0.4 is 10.6 Å². The number of non-ortho nitro benzene ring substituents is 1. The van der Waals surface area contributed by atoms with Gasteiger partial charge in [-0.15, -0.1) is 0 Å². The Balaban J connectivity index is 2.02. The summed E-state index contributed by atoms with van der Waals surface area (Å²) in [6, 6.07) is 6.17. The lowest BCUT2D eigenvalue weighted by Gasteiger charge is -2.08. The van der Waals surface area contributed by atoms with Crippen molar-refractivity contribution in [1.29, 1.82) is 0 Å². The molecule has 0 unspecified atom stereocenters. The minimum absolute atomic E-state index is 0.0209. The first kappa shape index (κ1) is 19.1. The quantitative estimate of drug-likeness (QED) is 0.553. The van der Waals surface area contributed by atoms with Crippen molar-refractivity contribution >= 4 is 23.5 Å². The number of amides is 2. The number of nitro benzene ring substituents is 1. The van der Waals surface area contributed by atoms with Gasteiger partial charge in [-0.1, -0.05) is 19.1 Å². The van der Waals surface area contributed by atoms with Gasteiger partial charge in [0.1, 0.15) is 0 Å². The number of aromatic nitrogens is 2. The van der Waals surface area contributed by atoms with Crippen LogP contribution in [0.1, 0.15) is 26.2 Å². The van der Waals surface area contributed by atoms with E-state index in [9.17, 15) is 19.7 Å². The van der Waals surface area contributed by atoms with Gasteiger partial charge >= 0.3 is 0 Å². The zero-order valence-corrected chi connectivity index (χ0v) is 14.7. The normalized spacial score (nSPS) is 10.4. The number of hydrogen-bond acceptors (Lipinski definition) is 5. The molecule has 26 heavy (non-hydrogen) atoms. The molecular formula is C17H21N5O4. The number of rotatable bonds is 8. The van der Waals surface area contributed by atoms with E-state index in [0.29, 0.717) is 23.8 Å². The molecule has 0 radical (unpaired) electrons. The molecule has 0 saturated heterocycles. The third kappa shape index (κ3) is 4.88. The van der Waals surface area contributed by atoms with Crippen LogP contribution in [0.3, 0.4) is 0 Å². The van der Waals surface area contributed by atoms with Gasteiger partial charge in [0.25, 0.3) is 5.69 Å². The van der Waals surface area contributed by atoms with Crippen LogP contribution in [0.2, 0.25) is 0 Å². The van der Waals surface area contributed by atoms with Crippen LogP contribution in [0.25, 0.3) is 11.3 Å². The number of benzene rings is 1. The van der Waals surface area contributed by atoms with E-state index in [1.165, 1.54) is 18.3 Å². The number of carbonyl (C=O) groups is 2. The molecule has 2 amide bonds. The minimum atomic E-state index is -0.466. The molecule has 0 atom stereocenters. The smallest absolute Gasteiger partial charge is 0.270 e. The Morgan fingerprint density at radius 2 is 2.00 bits per heavy atom. The summed E-state index contributed by atoms with van der Waals surface area (Å²) in [5.41, 5.74) is 1.23.